The molecule has 0 aliphatic carbocycles. The third-order valence-corrected chi connectivity index (χ3v) is 3.70. The number of rotatable bonds is 5. The number of non-ortho nitro benzene ring substituents is 1. The highest BCUT2D eigenvalue weighted by Gasteiger charge is 2.21. The van der Waals surface area contributed by atoms with E-state index in [4.69, 9.17) is 10.5 Å². The predicted molar refractivity (Wildman–Crippen MR) is 95.2 cm³/mol. The van der Waals surface area contributed by atoms with Gasteiger partial charge in [0, 0.05) is 22.3 Å². The number of hydrogen-bond acceptors (Lipinski definition) is 6. The molecule has 25 heavy (non-hydrogen) atoms. The van der Waals surface area contributed by atoms with Crippen LogP contribution in [-0.4, -0.2) is 22.9 Å². The van der Waals surface area contributed by atoms with Crippen molar-refractivity contribution < 1.29 is 19.2 Å². The van der Waals surface area contributed by atoms with E-state index < -0.39 is 22.9 Å². The van der Waals surface area contributed by atoms with Crippen LogP contribution in [0.5, 0.6) is 0 Å². The van der Waals surface area contributed by atoms with Crippen LogP contribution in [0, 0.1) is 10.1 Å². The smallest absolute Gasteiger partial charge is 0.341 e. The van der Waals surface area contributed by atoms with Crippen LogP contribution in [-0.2, 0) is 9.53 Å². The molecule has 3 N–H and O–H groups in total. The molecule has 130 valence electrons. The molecule has 0 saturated carbocycles. The number of ether oxygens (including phenoxy) is 1. The summed E-state index contributed by atoms with van der Waals surface area (Å²) < 4.78 is 5.86. The van der Waals surface area contributed by atoms with Crippen molar-refractivity contribution >= 4 is 44.9 Å². The minimum absolute atomic E-state index is 0.0484. The van der Waals surface area contributed by atoms with Gasteiger partial charge in [-0.15, -0.1) is 0 Å². The second kappa shape index (κ2) is 7.75. The molecule has 0 heterocycles. The molecule has 0 spiro atoms. The number of nitrogens with zero attached hydrogens (tertiary/aromatic N) is 1. The van der Waals surface area contributed by atoms with Gasteiger partial charge >= 0.3 is 5.97 Å². The number of amides is 1. The van der Waals surface area contributed by atoms with Gasteiger partial charge in [0.15, 0.2) is 6.10 Å². The van der Waals surface area contributed by atoms with E-state index in [9.17, 15) is 19.7 Å². The Morgan fingerprint density at radius 2 is 2.00 bits per heavy atom. The van der Waals surface area contributed by atoms with Crippen molar-refractivity contribution in [1.82, 2.24) is 0 Å². The number of nitrogen functional groups attached to an aromatic ring is 1. The quantitative estimate of drug-likeness (QED) is 0.339. The summed E-state index contributed by atoms with van der Waals surface area (Å²) in [5, 5.41) is 13.3. The monoisotopic (exact) mass is 407 g/mol. The molecule has 8 nitrogen and oxygen atoms in total. The minimum Gasteiger partial charge on any atom is -0.449 e. The number of nitro benzene ring substituents is 1. The Morgan fingerprint density at radius 3 is 2.60 bits per heavy atom. The Hall–Kier alpha value is -2.94. The van der Waals surface area contributed by atoms with Gasteiger partial charge in [0.1, 0.15) is 0 Å². The second-order valence-corrected chi connectivity index (χ2v) is 5.99. The van der Waals surface area contributed by atoms with Crippen LogP contribution in [0.1, 0.15) is 17.3 Å². The Morgan fingerprint density at radius 1 is 1.28 bits per heavy atom. The topological polar surface area (TPSA) is 125 Å². The molecule has 0 fully saturated rings. The number of nitrogens with two attached hydrogens (primary N) is 1. The van der Waals surface area contributed by atoms with E-state index >= 15 is 0 Å². The third kappa shape index (κ3) is 4.77. The van der Waals surface area contributed by atoms with E-state index in [0.29, 0.717) is 5.69 Å². The van der Waals surface area contributed by atoms with Crippen LogP contribution < -0.4 is 11.1 Å². The highest BCUT2D eigenvalue weighted by molar-refractivity contribution is 9.10. The normalized spacial score (nSPS) is 11.4. The van der Waals surface area contributed by atoms with Crippen molar-refractivity contribution in [2.75, 3.05) is 11.1 Å². The van der Waals surface area contributed by atoms with Crippen LogP contribution in [0.15, 0.2) is 46.9 Å². The summed E-state index contributed by atoms with van der Waals surface area (Å²) in [6.07, 6.45) is -1.08. The first kappa shape index (κ1) is 18.4. The summed E-state index contributed by atoms with van der Waals surface area (Å²) in [7, 11) is 0. The molecule has 0 bridgehead atoms. The Kier molecular flexibility index (Phi) is 5.71. The molecule has 2 aromatic rings. The highest BCUT2D eigenvalue weighted by Crippen LogP contribution is 2.21. The number of halogens is 1. The van der Waals surface area contributed by atoms with Gasteiger partial charge in [-0.1, -0.05) is 22.0 Å². The van der Waals surface area contributed by atoms with Gasteiger partial charge in [-0.05, 0) is 31.2 Å². The molecular weight excluding hydrogens is 394 g/mol. The Labute approximate surface area is 151 Å². The SMILES string of the molecule is C[C@H](OC(=O)c1ccc([N+](=O)[O-])cc1N)C(=O)Nc1cccc(Br)c1. The lowest BCUT2D eigenvalue weighted by Crippen LogP contribution is -2.30. The molecule has 1 atom stereocenters. The molecule has 2 aromatic carbocycles. The fraction of sp³-hybridized carbons (Fsp3) is 0.125. The zero-order valence-corrected chi connectivity index (χ0v) is 14.6. The van der Waals surface area contributed by atoms with Crippen LogP contribution in [0.25, 0.3) is 0 Å². The first-order chi connectivity index (χ1) is 11.8. The van der Waals surface area contributed by atoms with E-state index in [2.05, 4.69) is 21.2 Å². The zero-order chi connectivity index (χ0) is 18.6. The van der Waals surface area contributed by atoms with Crippen molar-refractivity contribution in [2.45, 2.75) is 13.0 Å². The van der Waals surface area contributed by atoms with Crippen LogP contribution >= 0.6 is 15.9 Å². The van der Waals surface area contributed by atoms with Gasteiger partial charge in [0.25, 0.3) is 11.6 Å². The summed E-state index contributed by atoms with van der Waals surface area (Å²) in [5.74, 6) is -1.36. The van der Waals surface area contributed by atoms with Gasteiger partial charge in [-0.25, -0.2) is 4.79 Å². The lowest BCUT2D eigenvalue weighted by molar-refractivity contribution is -0.384. The average Bonchev–Trinajstić information content (AvgIpc) is 2.54. The lowest BCUT2D eigenvalue weighted by atomic mass is 10.1. The van der Waals surface area contributed by atoms with Crippen molar-refractivity contribution in [2.24, 2.45) is 0 Å². The van der Waals surface area contributed by atoms with E-state index in [1.807, 2.05) is 0 Å². The summed E-state index contributed by atoms with van der Waals surface area (Å²) >= 11 is 3.29. The maximum atomic E-state index is 12.1. The maximum absolute atomic E-state index is 12.1. The number of hydrogen-bond donors (Lipinski definition) is 2. The van der Waals surface area contributed by atoms with Gasteiger partial charge in [-0.3, -0.25) is 14.9 Å². The molecule has 9 heteroatoms. The molecule has 0 aliphatic heterocycles. The molecular formula is C16H14BrN3O5. The summed E-state index contributed by atoms with van der Waals surface area (Å²) in [4.78, 5) is 34.3. The van der Waals surface area contributed by atoms with Crippen molar-refractivity contribution in [3.63, 3.8) is 0 Å². The number of carbonyl (C=O) groups excluding carboxylic acids is 2. The second-order valence-electron chi connectivity index (χ2n) is 5.08. The molecule has 0 aliphatic rings. The first-order valence-electron chi connectivity index (χ1n) is 7.09. The summed E-state index contributed by atoms with van der Waals surface area (Å²) in [5.41, 5.74) is 5.79. The van der Waals surface area contributed by atoms with Crippen molar-refractivity contribution in [3.05, 3.63) is 62.6 Å². The number of anilines is 2. The molecule has 1 amide bonds. The molecule has 0 unspecified atom stereocenters. The van der Waals surface area contributed by atoms with Gasteiger partial charge in [0.05, 0.1) is 16.2 Å². The number of esters is 1. The van der Waals surface area contributed by atoms with E-state index in [1.165, 1.54) is 13.0 Å². The summed E-state index contributed by atoms with van der Waals surface area (Å²) in [6, 6.07) is 10.3. The Bertz CT molecular complexity index is 840. The predicted octanol–water partition coefficient (Wildman–Crippen LogP) is 3.12. The third-order valence-electron chi connectivity index (χ3n) is 3.21. The van der Waals surface area contributed by atoms with Crippen LogP contribution in [0.4, 0.5) is 17.1 Å². The van der Waals surface area contributed by atoms with Crippen LogP contribution in [0.2, 0.25) is 0 Å². The highest BCUT2D eigenvalue weighted by atomic mass is 79.9. The number of carbonyl (C=O) groups is 2. The fourth-order valence-corrected chi connectivity index (χ4v) is 2.34. The molecule has 0 radical (unpaired) electrons. The average molecular weight is 408 g/mol. The largest absolute Gasteiger partial charge is 0.449 e. The van der Waals surface area contributed by atoms with Gasteiger partial charge < -0.3 is 15.8 Å². The zero-order valence-electron chi connectivity index (χ0n) is 13.1. The number of nitrogens with one attached hydrogen (secondary N) is 1. The fourth-order valence-electron chi connectivity index (χ4n) is 1.94. The van der Waals surface area contributed by atoms with Gasteiger partial charge in [-0.2, -0.15) is 0 Å². The van der Waals surface area contributed by atoms with Crippen LogP contribution in [0.3, 0.4) is 0 Å². The van der Waals surface area contributed by atoms with E-state index in [0.717, 1.165) is 16.6 Å². The van der Waals surface area contributed by atoms with Crippen molar-refractivity contribution in [3.8, 4) is 0 Å². The number of nitro groups is 1. The summed E-state index contributed by atoms with van der Waals surface area (Å²) in [6.45, 7) is 1.41. The molecule has 0 saturated heterocycles. The van der Waals surface area contributed by atoms with E-state index in [1.54, 1.807) is 24.3 Å². The molecule has 0 aromatic heterocycles. The van der Waals surface area contributed by atoms with Gasteiger partial charge in [0.2, 0.25) is 0 Å². The Balaban J connectivity index is 2.04. The minimum atomic E-state index is -1.08. The lowest BCUT2D eigenvalue weighted by Gasteiger charge is -2.14. The standard InChI is InChI=1S/C16H14BrN3O5/c1-9(15(21)19-11-4-2-3-10(17)7-11)25-16(22)13-6-5-12(20(23)24)8-14(13)18/h2-9H,18H2,1H3,(H,19,21)/t9-/m0/s1. The number of benzene rings is 2. The van der Waals surface area contributed by atoms with E-state index in [-0.39, 0.29) is 16.9 Å². The molecule has 2 rings (SSSR count). The first-order valence-corrected chi connectivity index (χ1v) is 7.88. The van der Waals surface area contributed by atoms with Crippen molar-refractivity contribution in [1.29, 1.82) is 0 Å². The maximum Gasteiger partial charge on any atom is 0.341 e.